The Morgan fingerprint density at radius 2 is 1.83 bits per heavy atom. The lowest BCUT2D eigenvalue weighted by molar-refractivity contribution is 0.203. The van der Waals surface area contributed by atoms with Gasteiger partial charge in [-0.3, -0.25) is 4.90 Å². The Morgan fingerprint density at radius 3 is 2.58 bits per heavy atom. The van der Waals surface area contributed by atoms with E-state index in [0.29, 0.717) is 35.0 Å². The molecule has 0 fully saturated rings. The van der Waals surface area contributed by atoms with Crippen LogP contribution in [0.4, 0.5) is 9.18 Å². The van der Waals surface area contributed by atoms with Gasteiger partial charge in [0.2, 0.25) is 5.82 Å². The summed E-state index contributed by atoms with van der Waals surface area (Å²) in [5.41, 5.74) is 4.93. The van der Waals surface area contributed by atoms with Crippen molar-refractivity contribution in [1.29, 1.82) is 0 Å². The van der Waals surface area contributed by atoms with Gasteiger partial charge in [-0.2, -0.15) is 4.98 Å². The van der Waals surface area contributed by atoms with Crippen molar-refractivity contribution in [3.05, 3.63) is 107 Å². The quantitative estimate of drug-likeness (QED) is 0.369. The van der Waals surface area contributed by atoms with Crippen LogP contribution in [0.5, 0.6) is 5.75 Å². The summed E-state index contributed by atoms with van der Waals surface area (Å²) < 4.78 is 24.5. The van der Waals surface area contributed by atoms with Crippen LogP contribution in [-0.2, 0) is 6.54 Å². The fraction of sp³-hybridized carbons (Fsp3) is 0.179. The molecule has 5 rings (SSSR count). The molecule has 1 aromatic heterocycles. The zero-order valence-corrected chi connectivity index (χ0v) is 20.2. The molecular formula is C28H25FN4O3. The predicted molar refractivity (Wildman–Crippen MR) is 133 cm³/mol. The van der Waals surface area contributed by atoms with Gasteiger partial charge in [-0.05, 0) is 66.9 Å². The number of carbonyl (C=O) groups is 1. The van der Waals surface area contributed by atoms with Gasteiger partial charge in [-0.15, -0.1) is 0 Å². The third kappa shape index (κ3) is 4.45. The monoisotopic (exact) mass is 484 g/mol. The number of rotatable bonds is 6. The topological polar surface area (TPSA) is 80.5 Å². The van der Waals surface area contributed by atoms with Gasteiger partial charge in [-0.1, -0.05) is 41.6 Å². The van der Waals surface area contributed by atoms with E-state index in [-0.39, 0.29) is 17.7 Å². The number of aryl methyl sites for hydroxylation is 1. The number of hydrogen-bond donors (Lipinski definition) is 1. The van der Waals surface area contributed by atoms with Crippen molar-refractivity contribution in [2.24, 2.45) is 0 Å². The molecule has 4 aromatic rings. The Morgan fingerprint density at radius 1 is 1.06 bits per heavy atom. The molecule has 0 spiro atoms. The highest BCUT2D eigenvalue weighted by Gasteiger charge is 2.36. The van der Waals surface area contributed by atoms with E-state index in [4.69, 9.17) is 9.26 Å². The largest absolute Gasteiger partial charge is 0.497 e. The first-order chi connectivity index (χ1) is 17.4. The number of ether oxygens (including phenoxy) is 1. The Balaban J connectivity index is 1.61. The SMILES string of the molecule is COc1cccc(C2NC(=O)N(Cc3ccccc3C)C(C)=C2c2nc(-c3ccc(F)cc3)no2)c1. The number of methoxy groups -OCH3 is 1. The molecule has 1 N–H and O–H groups in total. The molecule has 0 aliphatic carbocycles. The van der Waals surface area contributed by atoms with Crippen LogP contribution in [0, 0.1) is 12.7 Å². The molecule has 0 radical (unpaired) electrons. The van der Waals surface area contributed by atoms with E-state index in [9.17, 15) is 9.18 Å². The maximum atomic E-state index is 13.4. The van der Waals surface area contributed by atoms with Crippen molar-refractivity contribution in [3.8, 4) is 17.1 Å². The molecule has 0 saturated carbocycles. The molecule has 2 amide bonds. The fourth-order valence-electron chi connectivity index (χ4n) is 4.33. The van der Waals surface area contributed by atoms with Crippen LogP contribution in [0.25, 0.3) is 17.0 Å². The van der Waals surface area contributed by atoms with Gasteiger partial charge in [-0.25, -0.2) is 9.18 Å². The summed E-state index contributed by atoms with van der Waals surface area (Å²) in [7, 11) is 1.59. The van der Waals surface area contributed by atoms with Crippen molar-refractivity contribution < 1.29 is 18.4 Å². The smallest absolute Gasteiger partial charge is 0.322 e. The minimum absolute atomic E-state index is 0.231. The average Bonchev–Trinajstić information content (AvgIpc) is 3.37. The van der Waals surface area contributed by atoms with Crippen molar-refractivity contribution in [2.75, 3.05) is 7.11 Å². The summed E-state index contributed by atoms with van der Waals surface area (Å²) >= 11 is 0. The van der Waals surface area contributed by atoms with Crippen LogP contribution in [0.3, 0.4) is 0 Å². The lowest BCUT2D eigenvalue weighted by Crippen LogP contribution is -2.45. The molecule has 1 aliphatic rings. The summed E-state index contributed by atoms with van der Waals surface area (Å²) in [6, 6.07) is 20.5. The van der Waals surface area contributed by atoms with Gasteiger partial charge < -0.3 is 14.6 Å². The van der Waals surface area contributed by atoms with Crippen molar-refractivity contribution in [2.45, 2.75) is 26.4 Å². The molecule has 8 heteroatoms. The van der Waals surface area contributed by atoms with Crippen molar-refractivity contribution >= 4 is 11.6 Å². The number of carbonyl (C=O) groups excluding carboxylic acids is 1. The number of benzene rings is 3. The van der Waals surface area contributed by atoms with Crippen LogP contribution in [0.2, 0.25) is 0 Å². The fourth-order valence-corrected chi connectivity index (χ4v) is 4.33. The Kier molecular flexibility index (Phi) is 6.25. The zero-order valence-electron chi connectivity index (χ0n) is 20.2. The van der Waals surface area contributed by atoms with Crippen LogP contribution < -0.4 is 10.1 Å². The summed E-state index contributed by atoms with van der Waals surface area (Å²) in [5.74, 6) is 0.922. The molecule has 1 atom stereocenters. The van der Waals surface area contributed by atoms with Gasteiger partial charge in [0, 0.05) is 11.3 Å². The van der Waals surface area contributed by atoms with Crippen LogP contribution in [0.1, 0.15) is 35.5 Å². The molecule has 0 saturated heterocycles. The van der Waals surface area contributed by atoms with E-state index < -0.39 is 6.04 Å². The third-order valence-corrected chi connectivity index (χ3v) is 6.37. The lowest BCUT2D eigenvalue weighted by atomic mass is 9.94. The van der Waals surface area contributed by atoms with E-state index in [1.54, 1.807) is 24.1 Å². The van der Waals surface area contributed by atoms with Crippen LogP contribution >= 0.6 is 0 Å². The number of urea groups is 1. The Labute approximate surface area is 208 Å². The average molecular weight is 485 g/mol. The van der Waals surface area contributed by atoms with Crippen molar-refractivity contribution in [3.63, 3.8) is 0 Å². The number of nitrogens with zero attached hydrogens (tertiary/aromatic N) is 3. The maximum absolute atomic E-state index is 13.4. The van der Waals surface area contributed by atoms with Gasteiger partial charge in [0.15, 0.2) is 0 Å². The second-order valence-corrected chi connectivity index (χ2v) is 8.60. The second-order valence-electron chi connectivity index (χ2n) is 8.60. The molecule has 3 aromatic carbocycles. The number of halogens is 1. The number of nitrogens with one attached hydrogen (secondary N) is 1. The molecular weight excluding hydrogens is 459 g/mol. The summed E-state index contributed by atoms with van der Waals surface area (Å²) in [6.07, 6.45) is 0. The first-order valence-electron chi connectivity index (χ1n) is 11.5. The lowest BCUT2D eigenvalue weighted by Gasteiger charge is -2.35. The molecule has 36 heavy (non-hydrogen) atoms. The normalized spacial score (nSPS) is 15.7. The molecule has 0 bridgehead atoms. The minimum Gasteiger partial charge on any atom is -0.497 e. The molecule has 182 valence electrons. The van der Waals surface area contributed by atoms with Crippen molar-refractivity contribution in [1.82, 2.24) is 20.4 Å². The molecule has 7 nitrogen and oxygen atoms in total. The number of amides is 2. The maximum Gasteiger partial charge on any atom is 0.322 e. The van der Waals surface area contributed by atoms with E-state index in [0.717, 1.165) is 16.7 Å². The van der Waals surface area contributed by atoms with E-state index in [1.807, 2.05) is 62.4 Å². The van der Waals surface area contributed by atoms with Gasteiger partial charge >= 0.3 is 6.03 Å². The number of allylic oxidation sites excluding steroid dienone is 1. The summed E-state index contributed by atoms with van der Waals surface area (Å²) in [5, 5.41) is 7.24. The summed E-state index contributed by atoms with van der Waals surface area (Å²) in [4.78, 5) is 19.6. The standard InChI is InChI=1S/C28H25FN4O3/c1-17-7-4-5-8-21(17)16-33-18(2)24(25(30-28(33)34)20-9-6-10-23(15-20)35-3)27-31-26(32-36-27)19-11-13-22(29)14-12-19/h4-15,25H,16H2,1-3H3,(H,30,34). The molecule has 2 heterocycles. The third-order valence-electron chi connectivity index (χ3n) is 6.37. The molecule has 1 unspecified atom stereocenters. The minimum atomic E-state index is -0.540. The highest BCUT2D eigenvalue weighted by molar-refractivity contribution is 5.87. The summed E-state index contributed by atoms with van der Waals surface area (Å²) in [6.45, 7) is 4.28. The highest BCUT2D eigenvalue weighted by atomic mass is 19.1. The first kappa shape index (κ1) is 23.3. The number of hydrogen-bond acceptors (Lipinski definition) is 5. The Hall–Kier alpha value is -4.46. The first-order valence-corrected chi connectivity index (χ1v) is 11.5. The van der Waals surface area contributed by atoms with E-state index >= 15 is 0 Å². The predicted octanol–water partition coefficient (Wildman–Crippen LogP) is 5.89. The van der Waals surface area contributed by atoms with Gasteiger partial charge in [0.25, 0.3) is 5.89 Å². The van der Waals surface area contributed by atoms with Gasteiger partial charge in [0.1, 0.15) is 11.6 Å². The van der Waals surface area contributed by atoms with Crippen LogP contribution in [-0.4, -0.2) is 28.2 Å². The van der Waals surface area contributed by atoms with Crippen LogP contribution in [0.15, 0.2) is 83.0 Å². The second kappa shape index (κ2) is 9.65. The number of aromatic nitrogens is 2. The highest BCUT2D eigenvalue weighted by Crippen LogP contribution is 2.38. The zero-order chi connectivity index (χ0) is 25.2. The Bertz CT molecular complexity index is 1450. The van der Waals surface area contributed by atoms with Gasteiger partial charge in [0.05, 0.1) is 25.3 Å². The molecule has 1 aliphatic heterocycles. The van der Waals surface area contributed by atoms with E-state index in [2.05, 4.69) is 15.5 Å². The van der Waals surface area contributed by atoms with E-state index in [1.165, 1.54) is 12.1 Å².